The summed E-state index contributed by atoms with van der Waals surface area (Å²) in [6, 6.07) is 13.1. The van der Waals surface area contributed by atoms with Crippen molar-refractivity contribution in [1.29, 1.82) is 0 Å². The summed E-state index contributed by atoms with van der Waals surface area (Å²) in [5.74, 6) is 0.741. The summed E-state index contributed by atoms with van der Waals surface area (Å²) in [5.41, 5.74) is 6.14. The minimum Gasteiger partial charge on any atom is -0.484 e. The van der Waals surface area contributed by atoms with Gasteiger partial charge >= 0.3 is 0 Å². The lowest BCUT2D eigenvalue weighted by Gasteiger charge is -2.07. The fraction of sp³-hybridized carbons (Fsp3) is 0.222. The number of benzene rings is 2. The van der Waals surface area contributed by atoms with Crippen LogP contribution in [0.4, 0.5) is 4.39 Å². The van der Waals surface area contributed by atoms with Crippen LogP contribution >= 0.6 is 11.8 Å². The quantitative estimate of drug-likeness (QED) is 0.671. The number of amides is 2. The lowest BCUT2D eigenvalue weighted by atomic mass is 10.2. The highest BCUT2D eigenvalue weighted by Gasteiger charge is 2.06. The van der Waals surface area contributed by atoms with E-state index in [2.05, 4.69) is 5.32 Å². The monoisotopic (exact) mass is 362 g/mol. The van der Waals surface area contributed by atoms with E-state index in [1.165, 1.54) is 6.07 Å². The summed E-state index contributed by atoms with van der Waals surface area (Å²) in [6.07, 6.45) is 0. The first-order valence-corrected chi connectivity index (χ1v) is 8.82. The Bertz CT molecular complexity index is 723. The molecule has 3 N–H and O–H groups in total. The molecular weight excluding hydrogens is 343 g/mol. The van der Waals surface area contributed by atoms with Crippen molar-refractivity contribution in [2.75, 3.05) is 18.9 Å². The molecule has 25 heavy (non-hydrogen) atoms. The first-order chi connectivity index (χ1) is 12.1. The second-order valence-corrected chi connectivity index (χ2v) is 6.28. The summed E-state index contributed by atoms with van der Waals surface area (Å²) < 4.78 is 18.6. The number of hydrogen-bond acceptors (Lipinski definition) is 4. The Hall–Kier alpha value is -2.54. The Morgan fingerprint density at radius 2 is 1.84 bits per heavy atom. The zero-order chi connectivity index (χ0) is 18.1. The van der Waals surface area contributed by atoms with Gasteiger partial charge in [-0.05, 0) is 35.9 Å². The number of hydrogen-bond donors (Lipinski definition) is 2. The second-order valence-electron chi connectivity index (χ2n) is 5.18. The highest BCUT2D eigenvalue weighted by Crippen LogP contribution is 2.15. The van der Waals surface area contributed by atoms with Gasteiger partial charge in [-0.25, -0.2) is 4.39 Å². The number of ether oxygens (including phenoxy) is 1. The molecule has 0 unspecified atom stereocenters. The van der Waals surface area contributed by atoms with Crippen LogP contribution in [0.5, 0.6) is 5.75 Å². The van der Waals surface area contributed by atoms with Gasteiger partial charge in [0.2, 0.25) is 0 Å². The van der Waals surface area contributed by atoms with Gasteiger partial charge in [0.1, 0.15) is 11.6 Å². The molecule has 0 aromatic heterocycles. The van der Waals surface area contributed by atoms with Crippen molar-refractivity contribution in [1.82, 2.24) is 5.32 Å². The molecule has 0 aliphatic heterocycles. The van der Waals surface area contributed by atoms with E-state index >= 15 is 0 Å². The fourth-order valence-corrected chi connectivity index (χ4v) is 2.84. The van der Waals surface area contributed by atoms with Crippen molar-refractivity contribution in [3.8, 4) is 5.75 Å². The molecule has 0 spiro atoms. The van der Waals surface area contributed by atoms with Gasteiger partial charge in [0.05, 0.1) is 0 Å². The molecule has 132 valence electrons. The number of halogens is 1. The first-order valence-electron chi connectivity index (χ1n) is 7.67. The molecule has 2 amide bonds. The smallest absolute Gasteiger partial charge is 0.255 e. The van der Waals surface area contributed by atoms with Gasteiger partial charge in [0, 0.05) is 23.6 Å². The zero-order valence-electron chi connectivity index (χ0n) is 13.5. The van der Waals surface area contributed by atoms with E-state index in [1.807, 2.05) is 0 Å². The van der Waals surface area contributed by atoms with E-state index < -0.39 is 5.91 Å². The fourth-order valence-electron chi connectivity index (χ4n) is 1.99. The number of primary amides is 1. The van der Waals surface area contributed by atoms with Crippen molar-refractivity contribution in [3.63, 3.8) is 0 Å². The van der Waals surface area contributed by atoms with Crippen molar-refractivity contribution in [2.45, 2.75) is 5.75 Å². The SMILES string of the molecule is NC(=O)COc1ccc(C(=O)NCCSCc2ccccc2F)cc1. The maximum Gasteiger partial charge on any atom is 0.255 e. The van der Waals surface area contributed by atoms with Crippen LogP contribution in [0.2, 0.25) is 0 Å². The average molecular weight is 362 g/mol. The minimum absolute atomic E-state index is 0.201. The lowest BCUT2D eigenvalue weighted by Crippen LogP contribution is -2.25. The zero-order valence-corrected chi connectivity index (χ0v) is 14.4. The predicted octanol–water partition coefficient (Wildman–Crippen LogP) is 2.35. The van der Waals surface area contributed by atoms with Gasteiger partial charge in [0.15, 0.2) is 6.61 Å². The summed E-state index contributed by atoms with van der Waals surface area (Å²) in [5, 5.41) is 2.80. The number of nitrogens with one attached hydrogen (secondary N) is 1. The van der Waals surface area contributed by atoms with E-state index in [-0.39, 0.29) is 18.3 Å². The lowest BCUT2D eigenvalue weighted by molar-refractivity contribution is -0.119. The predicted molar refractivity (Wildman–Crippen MR) is 96.0 cm³/mol. The van der Waals surface area contributed by atoms with Crippen LogP contribution in [0.3, 0.4) is 0 Å². The first kappa shape index (κ1) is 18.8. The Balaban J connectivity index is 1.69. The second kappa shape index (κ2) is 9.68. The molecule has 0 fully saturated rings. The molecular formula is C18H19FN2O3S. The van der Waals surface area contributed by atoms with Crippen LogP contribution in [-0.4, -0.2) is 30.7 Å². The normalized spacial score (nSPS) is 10.3. The third kappa shape index (κ3) is 6.46. The third-order valence-corrected chi connectivity index (χ3v) is 4.25. The Kier molecular flexibility index (Phi) is 7.28. The molecule has 0 aliphatic rings. The molecule has 0 saturated carbocycles. The van der Waals surface area contributed by atoms with E-state index in [0.29, 0.717) is 34.9 Å². The topological polar surface area (TPSA) is 81.4 Å². The summed E-state index contributed by atoms with van der Waals surface area (Å²) in [7, 11) is 0. The summed E-state index contributed by atoms with van der Waals surface area (Å²) in [4.78, 5) is 22.7. The molecule has 2 aromatic rings. The van der Waals surface area contributed by atoms with E-state index in [1.54, 1.807) is 54.2 Å². The molecule has 2 aromatic carbocycles. The molecule has 5 nitrogen and oxygen atoms in total. The van der Waals surface area contributed by atoms with Crippen LogP contribution in [-0.2, 0) is 10.5 Å². The van der Waals surface area contributed by atoms with Crippen LogP contribution in [0, 0.1) is 5.82 Å². The maximum absolute atomic E-state index is 13.5. The maximum atomic E-state index is 13.5. The molecule has 0 heterocycles. The van der Waals surface area contributed by atoms with Gasteiger partial charge in [-0.1, -0.05) is 18.2 Å². The Morgan fingerprint density at radius 3 is 2.52 bits per heavy atom. The number of thioether (sulfide) groups is 1. The van der Waals surface area contributed by atoms with Gasteiger partial charge in [-0.15, -0.1) is 0 Å². The Morgan fingerprint density at radius 1 is 1.12 bits per heavy atom. The molecule has 0 atom stereocenters. The number of rotatable bonds is 9. The summed E-state index contributed by atoms with van der Waals surface area (Å²) >= 11 is 1.55. The molecule has 0 bridgehead atoms. The summed E-state index contributed by atoms with van der Waals surface area (Å²) in [6.45, 7) is 0.280. The molecule has 2 rings (SSSR count). The van der Waals surface area contributed by atoms with Crippen molar-refractivity contribution >= 4 is 23.6 Å². The highest BCUT2D eigenvalue weighted by molar-refractivity contribution is 7.98. The Labute approximate surface area is 149 Å². The largest absolute Gasteiger partial charge is 0.484 e. The van der Waals surface area contributed by atoms with Crippen molar-refractivity contribution in [3.05, 3.63) is 65.5 Å². The number of nitrogens with two attached hydrogens (primary N) is 1. The van der Waals surface area contributed by atoms with Crippen LogP contribution in [0.25, 0.3) is 0 Å². The van der Waals surface area contributed by atoms with Gasteiger partial charge in [-0.2, -0.15) is 11.8 Å². The average Bonchev–Trinajstić information content (AvgIpc) is 2.61. The molecule has 0 aliphatic carbocycles. The molecule has 0 radical (unpaired) electrons. The van der Waals surface area contributed by atoms with Crippen molar-refractivity contribution < 1.29 is 18.7 Å². The van der Waals surface area contributed by atoms with E-state index in [0.717, 1.165) is 0 Å². The molecule has 0 saturated heterocycles. The minimum atomic E-state index is -0.560. The molecule has 7 heteroatoms. The number of carbonyl (C=O) groups excluding carboxylic acids is 2. The van der Waals surface area contributed by atoms with Gasteiger partial charge in [-0.3, -0.25) is 9.59 Å². The van der Waals surface area contributed by atoms with Gasteiger partial charge in [0.25, 0.3) is 11.8 Å². The van der Waals surface area contributed by atoms with Crippen LogP contribution in [0.15, 0.2) is 48.5 Å². The highest BCUT2D eigenvalue weighted by atomic mass is 32.2. The van der Waals surface area contributed by atoms with Gasteiger partial charge < -0.3 is 15.8 Å². The standard InChI is InChI=1S/C18H19FN2O3S/c19-16-4-2-1-3-14(16)12-25-10-9-21-18(23)13-5-7-15(8-6-13)24-11-17(20)22/h1-8H,9-12H2,(H2,20,22)(H,21,23). The van der Waals surface area contributed by atoms with E-state index in [4.69, 9.17) is 10.5 Å². The van der Waals surface area contributed by atoms with Crippen LogP contribution < -0.4 is 15.8 Å². The number of carbonyl (C=O) groups is 2. The van der Waals surface area contributed by atoms with Crippen LogP contribution in [0.1, 0.15) is 15.9 Å². The van der Waals surface area contributed by atoms with Crippen molar-refractivity contribution in [2.24, 2.45) is 5.73 Å². The third-order valence-electron chi connectivity index (χ3n) is 3.24. The van der Waals surface area contributed by atoms with E-state index in [9.17, 15) is 14.0 Å².